The maximum absolute atomic E-state index is 6.16. The first kappa shape index (κ1) is 11.5. The number of nitrogens with zero attached hydrogens (tertiary/aromatic N) is 2. The van der Waals surface area contributed by atoms with Crippen LogP contribution in [0, 0.1) is 0 Å². The number of nitrogens with two attached hydrogens (primary N) is 1. The summed E-state index contributed by atoms with van der Waals surface area (Å²) in [6.07, 6.45) is 3.77. The number of hydrogen-bond donors (Lipinski definition) is 1. The molecule has 0 aliphatic rings. The smallest absolute Gasteiger partial charge is 0.0629 e. The van der Waals surface area contributed by atoms with Crippen molar-refractivity contribution in [2.24, 2.45) is 12.8 Å². The van der Waals surface area contributed by atoms with Crippen LogP contribution in [0.25, 0.3) is 0 Å². The van der Waals surface area contributed by atoms with Crippen LogP contribution < -0.4 is 5.73 Å². The fraction of sp³-hybridized carbons (Fsp3) is 0.182. The van der Waals surface area contributed by atoms with Crippen LogP contribution in [0.1, 0.15) is 5.56 Å². The van der Waals surface area contributed by atoms with E-state index in [1.165, 1.54) is 0 Å². The minimum atomic E-state index is 0.489. The SMILES string of the molecule is Cn1cc(Sc2c(Cl)cccc2CN)cn1. The average molecular weight is 254 g/mol. The molecule has 0 spiro atoms. The first-order valence-electron chi connectivity index (χ1n) is 4.84. The predicted molar refractivity (Wildman–Crippen MR) is 66.7 cm³/mol. The Hall–Kier alpha value is -0.970. The zero-order valence-electron chi connectivity index (χ0n) is 8.85. The van der Waals surface area contributed by atoms with E-state index in [0.29, 0.717) is 6.54 Å². The topological polar surface area (TPSA) is 43.8 Å². The van der Waals surface area contributed by atoms with Crippen LogP contribution in [0.4, 0.5) is 0 Å². The molecule has 1 heterocycles. The fourth-order valence-corrected chi connectivity index (χ4v) is 2.70. The van der Waals surface area contributed by atoms with E-state index < -0.39 is 0 Å². The molecular formula is C11H12ClN3S. The third-order valence-corrected chi connectivity index (χ3v) is 3.73. The molecule has 0 unspecified atom stereocenters. The van der Waals surface area contributed by atoms with Crippen LogP contribution in [0.3, 0.4) is 0 Å². The molecule has 0 bridgehead atoms. The van der Waals surface area contributed by atoms with Gasteiger partial charge < -0.3 is 5.73 Å². The minimum Gasteiger partial charge on any atom is -0.326 e. The number of aryl methyl sites for hydroxylation is 1. The van der Waals surface area contributed by atoms with Gasteiger partial charge in [-0.2, -0.15) is 5.10 Å². The molecule has 0 aliphatic carbocycles. The summed E-state index contributed by atoms with van der Waals surface area (Å²) in [6, 6.07) is 5.78. The normalized spacial score (nSPS) is 10.7. The van der Waals surface area contributed by atoms with Gasteiger partial charge in [0, 0.05) is 24.7 Å². The summed E-state index contributed by atoms with van der Waals surface area (Å²) in [7, 11) is 1.89. The Balaban J connectivity index is 2.33. The molecule has 2 aromatic rings. The van der Waals surface area contributed by atoms with Crippen molar-refractivity contribution in [1.82, 2.24) is 9.78 Å². The lowest BCUT2D eigenvalue weighted by atomic mass is 10.2. The van der Waals surface area contributed by atoms with Crippen molar-refractivity contribution in [3.05, 3.63) is 41.2 Å². The molecule has 2 N–H and O–H groups in total. The highest BCUT2D eigenvalue weighted by molar-refractivity contribution is 7.99. The highest BCUT2D eigenvalue weighted by Gasteiger charge is 2.08. The van der Waals surface area contributed by atoms with Gasteiger partial charge in [-0.1, -0.05) is 35.5 Å². The molecule has 84 valence electrons. The van der Waals surface area contributed by atoms with E-state index >= 15 is 0 Å². The first-order valence-corrected chi connectivity index (χ1v) is 6.04. The third kappa shape index (κ3) is 2.40. The summed E-state index contributed by atoms with van der Waals surface area (Å²) < 4.78 is 1.77. The summed E-state index contributed by atoms with van der Waals surface area (Å²) in [6.45, 7) is 0.489. The van der Waals surface area contributed by atoms with E-state index in [2.05, 4.69) is 5.10 Å². The van der Waals surface area contributed by atoms with E-state index in [9.17, 15) is 0 Å². The van der Waals surface area contributed by atoms with E-state index in [1.807, 2.05) is 37.6 Å². The van der Waals surface area contributed by atoms with Crippen molar-refractivity contribution in [1.29, 1.82) is 0 Å². The Kier molecular flexibility index (Phi) is 3.53. The second-order valence-electron chi connectivity index (χ2n) is 3.38. The Morgan fingerprint density at radius 2 is 2.31 bits per heavy atom. The first-order chi connectivity index (χ1) is 7.70. The molecule has 16 heavy (non-hydrogen) atoms. The zero-order chi connectivity index (χ0) is 11.5. The van der Waals surface area contributed by atoms with Gasteiger partial charge in [-0.25, -0.2) is 0 Å². The maximum Gasteiger partial charge on any atom is 0.0629 e. The van der Waals surface area contributed by atoms with E-state index in [1.54, 1.807) is 16.4 Å². The lowest BCUT2D eigenvalue weighted by Gasteiger charge is -2.07. The fourth-order valence-electron chi connectivity index (χ4n) is 1.40. The molecule has 3 nitrogen and oxygen atoms in total. The summed E-state index contributed by atoms with van der Waals surface area (Å²) in [5.41, 5.74) is 6.74. The monoisotopic (exact) mass is 253 g/mol. The summed E-state index contributed by atoms with van der Waals surface area (Å²) >= 11 is 7.75. The van der Waals surface area contributed by atoms with Gasteiger partial charge >= 0.3 is 0 Å². The van der Waals surface area contributed by atoms with Crippen molar-refractivity contribution in [3.8, 4) is 0 Å². The molecule has 0 saturated heterocycles. The molecule has 0 atom stereocenters. The average Bonchev–Trinajstić information content (AvgIpc) is 2.67. The van der Waals surface area contributed by atoms with Gasteiger partial charge in [-0.15, -0.1) is 0 Å². The van der Waals surface area contributed by atoms with E-state index in [0.717, 1.165) is 20.4 Å². The van der Waals surface area contributed by atoms with E-state index in [4.69, 9.17) is 17.3 Å². The van der Waals surface area contributed by atoms with Gasteiger partial charge in [0.2, 0.25) is 0 Å². The molecule has 2 rings (SSSR count). The lowest BCUT2D eigenvalue weighted by Crippen LogP contribution is -1.98. The van der Waals surface area contributed by atoms with Gasteiger partial charge in [0.1, 0.15) is 0 Å². The molecule has 1 aromatic carbocycles. The standard InChI is InChI=1S/C11H12ClN3S/c1-15-7-9(6-14-15)16-11-8(5-13)3-2-4-10(11)12/h2-4,6-7H,5,13H2,1H3. The molecule has 0 radical (unpaired) electrons. The molecule has 1 aromatic heterocycles. The Bertz CT molecular complexity index is 496. The number of hydrogen-bond acceptors (Lipinski definition) is 3. The quantitative estimate of drug-likeness (QED) is 0.915. The molecule has 0 amide bonds. The third-order valence-electron chi connectivity index (χ3n) is 2.17. The Morgan fingerprint density at radius 1 is 1.50 bits per heavy atom. The minimum absolute atomic E-state index is 0.489. The van der Waals surface area contributed by atoms with Gasteiger partial charge in [0.15, 0.2) is 0 Å². The maximum atomic E-state index is 6.16. The molecular weight excluding hydrogens is 242 g/mol. The van der Waals surface area contributed by atoms with Crippen LogP contribution in [0.15, 0.2) is 40.4 Å². The van der Waals surface area contributed by atoms with Crippen LogP contribution in [-0.2, 0) is 13.6 Å². The lowest BCUT2D eigenvalue weighted by molar-refractivity contribution is 0.766. The van der Waals surface area contributed by atoms with Crippen LogP contribution >= 0.6 is 23.4 Å². The van der Waals surface area contributed by atoms with Crippen molar-refractivity contribution in [2.75, 3.05) is 0 Å². The highest BCUT2D eigenvalue weighted by Crippen LogP contribution is 2.35. The van der Waals surface area contributed by atoms with Gasteiger partial charge in [0.25, 0.3) is 0 Å². The number of rotatable bonds is 3. The Labute approximate surface area is 104 Å². The summed E-state index contributed by atoms with van der Waals surface area (Å²) in [5.74, 6) is 0. The summed E-state index contributed by atoms with van der Waals surface area (Å²) in [5, 5.41) is 4.85. The Morgan fingerprint density at radius 3 is 2.94 bits per heavy atom. The van der Waals surface area contributed by atoms with Crippen LogP contribution in [-0.4, -0.2) is 9.78 Å². The van der Waals surface area contributed by atoms with Crippen molar-refractivity contribution < 1.29 is 0 Å². The van der Waals surface area contributed by atoms with Gasteiger partial charge in [0.05, 0.1) is 16.1 Å². The molecule has 5 heteroatoms. The van der Waals surface area contributed by atoms with Crippen LogP contribution in [0.2, 0.25) is 5.02 Å². The summed E-state index contributed by atoms with van der Waals surface area (Å²) in [4.78, 5) is 2.07. The largest absolute Gasteiger partial charge is 0.326 e. The van der Waals surface area contributed by atoms with Crippen molar-refractivity contribution in [2.45, 2.75) is 16.3 Å². The second-order valence-corrected chi connectivity index (χ2v) is 4.87. The molecule has 0 saturated carbocycles. The van der Waals surface area contributed by atoms with Crippen molar-refractivity contribution in [3.63, 3.8) is 0 Å². The van der Waals surface area contributed by atoms with Crippen molar-refractivity contribution >= 4 is 23.4 Å². The van der Waals surface area contributed by atoms with E-state index in [-0.39, 0.29) is 0 Å². The molecule has 0 fully saturated rings. The zero-order valence-corrected chi connectivity index (χ0v) is 10.4. The van der Waals surface area contributed by atoms with Gasteiger partial charge in [-0.05, 0) is 11.6 Å². The number of halogens is 1. The second kappa shape index (κ2) is 4.91. The number of benzene rings is 1. The van der Waals surface area contributed by atoms with Gasteiger partial charge in [-0.3, -0.25) is 4.68 Å². The highest BCUT2D eigenvalue weighted by atomic mass is 35.5. The van der Waals surface area contributed by atoms with Crippen LogP contribution in [0.5, 0.6) is 0 Å². The number of aromatic nitrogens is 2. The molecule has 0 aliphatic heterocycles. The predicted octanol–water partition coefficient (Wildman–Crippen LogP) is 2.68.